The minimum Gasteiger partial charge on any atom is -0.463 e. The summed E-state index contributed by atoms with van der Waals surface area (Å²) in [6.07, 6.45) is 9.43. The average Bonchev–Trinajstić information content (AvgIpc) is 3.25. The molecular formula is C19H28O4. The zero-order valence-electron chi connectivity index (χ0n) is 14.0. The summed E-state index contributed by atoms with van der Waals surface area (Å²) in [6, 6.07) is 0. The molecule has 4 heteroatoms. The Labute approximate surface area is 138 Å². The molecule has 0 radical (unpaired) electrons. The van der Waals surface area contributed by atoms with Gasteiger partial charge in [-0.1, -0.05) is 13.2 Å². The number of esters is 2. The second-order valence-electron chi connectivity index (χ2n) is 6.79. The molecular weight excluding hydrogens is 292 g/mol. The van der Waals surface area contributed by atoms with Crippen LogP contribution in [0, 0.1) is 29.6 Å². The van der Waals surface area contributed by atoms with Crippen molar-refractivity contribution in [1.82, 2.24) is 0 Å². The predicted molar refractivity (Wildman–Crippen MR) is 88.5 cm³/mol. The van der Waals surface area contributed by atoms with E-state index in [-0.39, 0.29) is 11.9 Å². The van der Waals surface area contributed by atoms with Gasteiger partial charge in [0, 0.05) is 12.2 Å². The third-order valence-electron chi connectivity index (χ3n) is 5.57. The van der Waals surface area contributed by atoms with Crippen LogP contribution in [0.5, 0.6) is 0 Å². The first-order chi connectivity index (χ1) is 11.1. The van der Waals surface area contributed by atoms with Gasteiger partial charge < -0.3 is 9.47 Å². The molecule has 0 heterocycles. The molecule has 128 valence electrons. The third kappa shape index (κ3) is 4.46. The first kappa shape index (κ1) is 17.8. The molecule has 3 aliphatic rings. The first-order valence-corrected chi connectivity index (χ1v) is 8.67. The summed E-state index contributed by atoms with van der Waals surface area (Å²) < 4.78 is 9.61. The number of fused-ring (bicyclic) bond motifs is 5. The summed E-state index contributed by atoms with van der Waals surface area (Å²) in [5, 5.41) is 0. The van der Waals surface area contributed by atoms with Gasteiger partial charge in [-0.3, -0.25) is 0 Å². The van der Waals surface area contributed by atoms with E-state index >= 15 is 0 Å². The second-order valence-corrected chi connectivity index (χ2v) is 6.79. The maximum atomic E-state index is 11.0. The smallest absolute Gasteiger partial charge is 0.330 e. The fraction of sp³-hybridized carbons (Fsp3) is 0.684. The molecule has 0 aromatic rings. The molecule has 3 unspecified atom stereocenters. The van der Waals surface area contributed by atoms with Crippen molar-refractivity contribution in [3.63, 3.8) is 0 Å². The molecule has 5 atom stereocenters. The minimum absolute atomic E-state index is 0.264. The summed E-state index contributed by atoms with van der Waals surface area (Å²) in [4.78, 5) is 21.1. The van der Waals surface area contributed by atoms with Gasteiger partial charge >= 0.3 is 11.9 Å². The van der Waals surface area contributed by atoms with Crippen LogP contribution in [0.15, 0.2) is 25.3 Å². The van der Waals surface area contributed by atoms with Gasteiger partial charge in [-0.2, -0.15) is 0 Å². The molecule has 0 aromatic heterocycles. The Hall–Kier alpha value is -1.58. The van der Waals surface area contributed by atoms with Crippen LogP contribution in [0.1, 0.15) is 39.0 Å². The van der Waals surface area contributed by atoms with E-state index in [1.165, 1.54) is 38.2 Å². The SMILES string of the molecule is C=CC(=O)OCC.C=CC(=O)OCC1C[C@@H]2C3CCC(C3)[C@@H]2C1. The van der Waals surface area contributed by atoms with Gasteiger partial charge in [0.05, 0.1) is 13.2 Å². The monoisotopic (exact) mass is 320 g/mol. The Morgan fingerprint density at radius 1 is 0.957 bits per heavy atom. The first-order valence-electron chi connectivity index (χ1n) is 8.67. The fourth-order valence-electron chi connectivity index (χ4n) is 4.73. The Balaban J connectivity index is 0.000000236. The zero-order valence-corrected chi connectivity index (χ0v) is 14.0. The van der Waals surface area contributed by atoms with E-state index in [1.54, 1.807) is 6.92 Å². The lowest BCUT2D eigenvalue weighted by Gasteiger charge is -2.23. The van der Waals surface area contributed by atoms with Crippen LogP contribution in [0.3, 0.4) is 0 Å². The predicted octanol–water partition coefficient (Wildman–Crippen LogP) is 3.52. The molecule has 0 aliphatic heterocycles. The van der Waals surface area contributed by atoms with E-state index in [9.17, 15) is 9.59 Å². The lowest BCUT2D eigenvalue weighted by molar-refractivity contribution is -0.139. The average molecular weight is 320 g/mol. The Kier molecular flexibility index (Phi) is 6.43. The van der Waals surface area contributed by atoms with Crippen molar-refractivity contribution in [3.8, 4) is 0 Å². The maximum Gasteiger partial charge on any atom is 0.330 e. The topological polar surface area (TPSA) is 52.6 Å². The summed E-state index contributed by atoms with van der Waals surface area (Å²) in [6.45, 7) is 9.42. The highest BCUT2D eigenvalue weighted by Gasteiger charge is 2.51. The van der Waals surface area contributed by atoms with Crippen molar-refractivity contribution in [3.05, 3.63) is 25.3 Å². The van der Waals surface area contributed by atoms with Gasteiger partial charge in [0.25, 0.3) is 0 Å². The molecule has 0 amide bonds. The fourth-order valence-corrected chi connectivity index (χ4v) is 4.73. The molecule has 3 aliphatic carbocycles. The molecule has 0 aromatic carbocycles. The lowest BCUT2D eigenvalue weighted by atomic mass is 9.82. The van der Waals surface area contributed by atoms with E-state index in [1.807, 2.05) is 0 Å². The third-order valence-corrected chi connectivity index (χ3v) is 5.57. The Morgan fingerprint density at radius 3 is 1.91 bits per heavy atom. The molecule has 23 heavy (non-hydrogen) atoms. The Morgan fingerprint density at radius 2 is 1.48 bits per heavy atom. The van der Waals surface area contributed by atoms with Gasteiger partial charge in [0.15, 0.2) is 0 Å². The van der Waals surface area contributed by atoms with E-state index in [0.717, 1.165) is 29.7 Å². The van der Waals surface area contributed by atoms with E-state index in [0.29, 0.717) is 19.1 Å². The zero-order chi connectivity index (χ0) is 16.8. The van der Waals surface area contributed by atoms with Crippen molar-refractivity contribution in [2.24, 2.45) is 29.6 Å². The van der Waals surface area contributed by atoms with Crippen molar-refractivity contribution in [2.75, 3.05) is 13.2 Å². The highest BCUT2D eigenvalue weighted by Crippen LogP contribution is 2.60. The Bertz CT molecular complexity index is 438. The number of carbonyl (C=O) groups excluding carboxylic acids is 2. The van der Waals surface area contributed by atoms with Crippen LogP contribution in [0.2, 0.25) is 0 Å². The molecule has 4 nitrogen and oxygen atoms in total. The number of rotatable bonds is 5. The number of hydrogen-bond donors (Lipinski definition) is 0. The number of carbonyl (C=O) groups is 2. The molecule has 0 N–H and O–H groups in total. The highest BCUT2D eigenvalue weighted by molar-refractivity contribution is 5.81. The van der Waals surface area contributed by atoms with Crippen molar-refractivity contribution in [1.29, 1.82) is 0 Å². The summed E-state index contributed by atoms with van der Waals surface area (Å²) in [7, 11) is 0. The summed E-state index contributed by atoms with van der Waals surface area (Å²) >= 11 is 0. The van der Waals surface area contributed by atoms with Crippen LogP contribution in [0.25, 0.3) is 0 Å². The van der Waals surface area contributed by atoms with Gasteiger partial charge in [0.2, 0.25) is 0 Å². The maximum absolute atomic E-state index is 11.0. The second kappa shape index (κ2) is 8.32. The summed E-state index contributed by atoms with van der Waals surface area (Å²) in [5.74, 6) is 3.95. The summed E-state index contributed by atoms with van der Waals surface area (Å²) in [5.41, 5.74) is 0. The van der Waals surface area contributed by atoms with E-state index < -0.39 is 0 Å². The van der Waals surface area contributed by atoms with Crippen molar-refractivity contribution in [2.45, 2.75) is 39.0 Å². The highest BCUT2D eigenvalue weighted by atomic mass is 16.5. The molecule has 0 saturated heterocycles. The quantitative estimate of drug-likeness (QED) is 0.574. The largest absolute Gasteiger partial charge is 0.463 e. The molecule has 2 bridgehead atoms. The molecule has 0 spiro atoms. The van der Waals surface area contributed by atoms with Gasteiger partial charge in [-0.25, -0.2) is 9.59 Å². The number of hydrogen-bond acceptors (Lipinski definition) is 4. The number of ether oxygens (including phenoxy) is 2. The van der Waals surface area contributed by atoms with E-state index in [2.05, 4.69) is 17.9 Å². The standard InChI is InChI=1S/C14H20O2.C5H8O2/c1-2-14(15)16-8-9-5-12-10-3-4-11(7-10)13(12)6-9;1-3-5(6)7-4-2/h2,9-13H,1,3-8H2;3H,1,4H2,2H3/t9?,10?,11?,12-,13+;. The minimum atomic E-state index is -0.359. The normalized spacial score (nSPS) is 33.2. The van der Waals surface area contributed by atoms with Crippen LogP contribution < -0.4 is 0 Å². The van der Waals surface area contributed by atoms with Crippen LogP contribution in [-0.2, 0) is 19.1 Å². The molecule has 3 rings (SSSR count). The van der Waals surface area contributed by atoms with Crippen LogP contribution >= 0.6 is 0 Å². The lowest BCUT2D eigenvalue weighted by Crippen LogP contribution is -2.15. The van der Waals surface area contributed by atoms with Gasteiger partial charge in [-0.15, -0.1) is 0 Å². The van der Waals surface area contributed by atoms with Crippen molar-refractivity contribution >= 4 is 11.9 Å². The molecule has 3 saturated carbocycles. The van der Waals surface area contributed by atoms with Gasteiger partial charge in [0.1, 0.15) is 0 Å². The van der Waals surface area contributed by atoms with E-state index in [4.69, 9.17) is 4.74 Å². The van der Waals surface area contributed by atoms with Crippen molar-refractivity contribution < 1.29 is 19.1 Å². The van der Waals surface area contributed by atoms with Crippen LogP contribution in [0.4, 0.5) is 0 Å². The van der Waals surface area contributed by atoms with Gasteiger partial charge in [-0.05, 0) is 68.6 Å². The van der Waals surface area contributed by atoms with Crippen LogP contribution in [-0.4, -0.2) is 25.2 Å². The molecule has 3 fully saturated rings.